The van der Waals surface area contributed by atoms with Gasteiger partial charge in [0.15, 0.2) is 0 Å². The molecule has 2 N–H and O–H groups in total. The molecule has 1 rings (SSSR count). The summed E-state index contributed by atoms with van der Waals surface area (Å²) >= 11 is 0. The summed E-state index contributed by atoms with van der Waals surface area (Å²) in [5, 5.41) is 0. The third-order valence-corrected chi connectivity index (χ3v) is 2.92. The first-order valence-electron chi connectivity index (χ1n) is 6.86. The summed E-state index contributed by atoms with van der Waals surface area (Å²) in [7, 11) is 1.60. The van der Waals surface area contributed by atoms with E-state index in [1.807, 2.05) is 18.2 Å². The second-order valence-corrected chi connectivity index (χ2v) is 4.45. The van der Waals surface area contributed by atoms with Crippen molar-refractivity contribution in [3.8, 4) is 0 Å². The zero-order valence-corrected chi connectivity index (χ0v) is 13.3. The van der Waals surface area contributed by atoms with E-state index in [9.17, 15) is 4.79 Å². The van der Waals surface area contributed by atoms with E-state index >= 15 is 0 Å². The van der Waals surface area contributed by atoms with E-state index in [0.29, 0.717) is 32.8 Å². The Kier molecular flexibility index (Phi) is 11.9. The summed E-state index contributed by atoms with van der Waals surface area (Å²) in [6.45, 7) is 2.68. The van der Waals surface area contributed by atoms with E-state index < -0.39 is 0 Å². The molecule has 0 bridgehead atoms. The van der Waals surface area contributed by atoms with Crippen LogP contribution in [0.5, 0.6) is 0 Å². The summed E-state index contributed by atoms with van der Waals surface area (Å²) in [6, 6.07) is 10.1. The van der Waals surface area contributed by atoms with E-state index in [1.165, 1.54) is 5.56 Å². The lowest BCUT2D eigenvalue weighted by Crippen LogP contribution is -2.39. The number of rotatable bonds is 10. The van der Waals surface area contributed by atoms with Gasteiger partial charge in [0.05, 0.1) is 13.2 Å². The summed E-state index contributed by atoms with van der Waals surface area (Å²) in [5.41, 5.74) is 6.77. The van der Waals surface area contributed by atoms with E-state index in [4.69, 9.17) is 15.2 Å². The molecular formula is C15H25ClN2O3. The fourth-order valence-corrected chi connectivity index (χ4v) is 1.82. The van der Waals surface area contributed by atoms with Crippen LogP contribution in [-0.4, -0.2) is 57.4 Å². The molecule has 1 aromatic carbocycles. The Labute approximate surface area is 132 Å². The van der Waals surface area contributed by atoms with Gasteiger partial charge < -0.3 is 20.1 Å². The standard InChI is InChI=1S/C15H24N2O3.ClH/c1-19-11-12-20-13-15(18)17(10-8-16)9-7-14-5-3-2-4-6-14;/h2-6H,7-13,16H2,1H3;1H. The molecule has 0 spiro atoms. The minimum atomic E-state index is -0.0255. The quantitative estimate of drug-likeness (QED) is 0.657. The normalized spacial score (nSPS) is 10.0. The molecule has 0 radical (unpaired) electrons. The van der Waals surface area contributed by atoms with Crippen LogP contribution in [0.15, 0.2) is 30.3 Å². The monoisotopic (exact) mass is 316 g/mol. The maximum Gasteiger partial charge on any atom is 0.248 e. The van der Waals surface area contributed by atoms with Crippen molar-refractivity contribution in [1.82, 2.24) is 4.90 Å². The maximum absolute atomic E-state index is 12.0. The minimum Gasteiger partial charge on any atom is -0.382 e. The first-order valence-corrected chi connectivity index (χ1v) is 6.86. The average Bonchev–Trinajstić information content (AvgIpc) is 2.49. The molecule has 1 amide bonds. The van der Waals surface area contributed by atoms with Crippen molar-refractivity contribution in [2.24, 2.45) is 5.73 Å². The largest absolute Gasteiger partial charge is 0.382 e. The van der Waals surface area contributed by atoms with Gasteiger partial charge in [-0.05, 0) is 12.0 Å². The van der Waals surface area contributed by atoms with Gasteiger partial charge in [-0.2, -0.15) is 0 Å². The van der Waals surface area contributed by atoms with Gasteiger partial charge in [0.25, 0.3) is 0 Å². The molecule has 0 heterocycles. The third kappa shape index (κ3) is 8.67. The average molecular weight is 317 g/mol. The second-order valence-electron chi connectivity index (χ2n) is 4.45. The van der Waals surface area contributed by atoms with E-state index in [1.54, 1.807) is 12.0 Å². The smallest absolute Gasteiger partial charge is 0.248 e. The molecule has 21 heavy (non-hydrogen) atoms. The molecule has 0 aliphatic heterocycles. The number of hydrogen-bond acceptors (Lipinski definition) is 4. The number of amides is 1. The zero-order valence-electron chi connectivity index (χ0n) is 12.5. The lowest BCUT2D eigenvalue weighted by molar-refractivity contribution is -0.136. The minimum absolute atomic E-state index is 0. The van der Waals surface area contributed by atoms with E-state index in [0.717, 1.165) is 6.42 Å². The van der Waals surface area contributed by atoms with Crippen molar-refractivity contribution in [3.05, 3.63) is 35.9 Å². The van der Waals surface area contributed by atoms with Crippen molar-refractivity contribution in [2.45, 2.75) is 6.42 Å². The summed E-state index contributed by atoms with van der Waals surface area (Å²) in [6.07, 6.45) is 0.824. The zero-order chi connectivity index (χ0) is 14.6. The van der Waals surface area contributed by atoms with Gasteiger partial charge in [0.2, 0.25) is 5.91 Å². The van der Waals surface area contributed by atoms with Crippen LogP contribution >= 0.6 is 12.4 Å². The number of benzene rings is 1. The van der Waals surface area contributed by atoms with Crippen molar-refractivity contribution in [2.75, 3.05) is 46.6 Å². The maximum atomic E-state index is 12.0. The predicted octanol–water partition coefficient (Wildman–Crippen LogP) is 1.10. The highest BCUT2D eigenvalue weighted by Crippen LogP contribution is 2.02. The van der Waals surface area contributed by atoms with Crippen molar-refractivity contribution >= 4 is 18.3 Å². The second kappa shape index (κ2) is 12.6. The molecule has 0 aromatic heterocycles. The first kappa shape index (κ1) is 19.9. The molecule has 5 nitrogen and oxygen atoms in total. The van der Waals surface area contributed by atoms with Gasteiger partial charge in [0.1, 0.15) is 6.61 Å². The van der Waals surface area contributed by atoms with E-state index in [-0.39, 0.29) is 24.9 Å². The molecule has 0 saturated heterocycles. The molecule has 0 aliphatic carbocycles. The number of nitrogens with zero attached hydrogens (tertiary/aromatic N) is 1. The molecule has 1 aromatic rings. The lowest BCUT2D eigenvalue weighted by atomic mass is 10.1. The van der Waals surface area contributed by atoms with Crippen molar-refractivity contribution in [3.63, 3.8) is 0 Å². The van der Waals surface area contributed by atoms with E-state index in [2.05, 4.69) is 12.1 Å². The highest BCUT2D eigenvalue weighted by molar-refractivity contribution is 5.85. The Morgan fingerprint density at radius 1 is 1.19 bits per heavy atom. The van der Waals surface area contributed by atoms with Gasteiger partial charge in [-0.25, -0.2) is 0 Å². The number of ether oxygens (including phenoxy) is 2. The van der Waals surface area contributed by atoms with Crippen LogP contribution in [0.3, 0.4) is 0 Å². The molecule has 0 aliphatic rings. The van der Waals surface area contributed by atoms with Crippen LogP contribution in [-0.2, 0) is 20.7 Å². The third-order valence-electron chi connectivity index (χ3n) is 2.92. The molecule has 0 saturated carbocycles. The first-order chi connectivity index (χ1) is 9.77. The Bertz CT molecular complexity index is 376. The highest BCUT2D eigenvalue weighted by Gasteiger charge is 2.12. The molecule has 6 heteroatoms. The molecular weight excluding hydrogens is 292 g/mol. The van der Waals surface area contributed by atoms with Gasteiger partial charge in [-0.3, -0.25) is 4.79 Å². The number of carbonyl (C=O) groups is 1. The van der Waals surface area contributed by atoms with Crippen molar-refractivity contribution < 1.29 is 14.3 Å². The number of halogens is 1. The van der Waals surface area contributed by atoms with Crippen molar-refractivity contribution in [1.29, 1.82) is 0 Å². The number of methoxy groups -OCH3 is 1. The number of hydrogen-bond donors (Lipinski definition) is 1. The fourth-order valence-electron chi connectivity index (χ4n) is 1.82. The lowest BCUT2D eigenvalue weighted by Gasteiger charge is -2.22. The Hall–Kier alpha value is -1.14. The predicted molar refractivity (Wildman–Crippen MR) is 85.7 cm³/mol. The molecule has 0 atom stereocenters. The van der Waals surface area contributed by atoms with Gasteiger partial charge in [-0.15, -0.1) is 12.4 Å². The Morgan fingerprint density at radius 3 is 2.52 bits per heavy atom. The summed E-state index contributed by atoms with van der Waals surface area (Å²) < 4.78 is 10.1. The molecule has 0 unspecified atom stereocenters. The van der Waals surface area contributed by atoms with Crippen LogP contribution < -0.4 is 5.73 Å². The SMILES string of the molecule is COCCOCC(=O)N(CCN)CCc1ccccc1.Cl. The van der Waals surface area contributed by atoms with Crippen LogP contribution in [0.25, 0.3) is 0 Å². The van der Waals surface area contributed by atoms with Crippen LogP contribution in [0.2, 0.25) is 0 Å². The molecule has 120 valence electrons. The summed E-state index contributed by atoms with van der Waals surface area (Å²) in [5.74, 6) is -0.0255. The van der Waals surface area contributed by atoms with Crippen LogP contribution in [0.4, 0.5) is 0 Å². The topological polar surface area (TPSA) is 64.8 Å². The molecule has 0 fully saturated rings. The Balaban J connectivity index is 0.00000400. The van der Waals surface area contributed by atoms with Gasteiger partial charge in [0, 0.05) is 26.7 Å². The Morgan fingerprint density at radius 2 is 1.90 bits per heavy atom. The van der Waals surface area contributed by atoms with Crippen LogP contribution in [0, 0.1) is 0 Å². The number of carbonyl (C=O) groups excluding carboxylic acids is 1. The van der Waals surface area contributed by atoms with Crippen LogP contribution in [0.1, 0.15) is 5.56 Å². The number of nitrogens with two attached hydrogens (primary N) is 1. The highest BCUT2D eigenvalue weighted by atomic mass is 35.5. The fraction of sp³-hybridized carbons (Fsp3) is 0.533. The summed E-state index contributed by atoms with van der Waals surface area (Å²) in [4.78, 5) is 13.8. The van der Waals surface area contributed by atoms with Gasteiger partial charge in [-0.1, -0.05) is 30.3 Å². The van der Waals surface area contributed by atoms with Gasteiger partial charge >= 0.3 is 0 Å².